The quantitative estimate of drug-likeness (QED) is 0.844. The summed E-state index contributed by atoms with van der Waals surface area (Å²) in [6.45, 7) is 4.62. The molecule has 0 aliphatic carbocycles. The average Bonchev–Trinajstić information content (AvgIpc) is 2.40. The number of aromatic nitrogens is 2. The topological polar surface area (TPSA) is 47.0 Å². The maximum absolute atomic E-state index is 6.06. The summed E-state index contributed by atoms with van der Waals surface area (Å²) >= 11 is 6.06. The minimum absolute atomic E-state index is 0.487. The summed E-state index contributed by atoms with van der Waals surface area (Å²) in [6.07, 6.45) is 2.23. The van der Waals surface area contributed by atoms with Gasteiger partial charge >= 0.3 is 0 Å². The number of hydrogen-bond donors (Lipinski definition) is 1. The van der Waals surface area contributed by atoms with E-state index < -0.39 is 0 Å². The fraction of sp³-hybridized carbons (Fsp3) is 0.286. The summed E-state index contributed by atoms with van der Waals surface area (Å²) in [6, 6.07) is 7.74. The minimum atomic E-state index is 0.487. The van der Waals surface area contributed by atoms with Gasteiger partial charge in [-0.1, -0.05) is 24.6 Å². The normalized spacial score (nSPS) is 10.3. The average molecular weight is 278 g/mol. The van der Waals surface area contributed by atoms with E-state index in [9.17, 15) is 0 Å². The van der Waals surface area contributed by atoms with E-state index in [2.05, 4.69) is 15.3 Å². The number of halogens is 1. The molecule has 0 fully saturated rings. The van der Waals surface area contributed by atoms with Gasteiger partial charge in [0.05, 0.1) is 6.61 Å². The molecular formula is C14H16ClN3O. The number of anilines is 2. The van der Waals surface area contributed by atoms with Crippen molar-refractivity contribution >= 4 is 23.1 Å². The molecule has 0 radical (unpaired) electrons. The predicted octanol–water partition coefficient (Wildman–Crippen LogP) is 3.83. The molecule has 1 aromatic carbocycles. The van der Waals surface area contributed by atoms with Crippen molar-refractivity contribution in [1.82, 2.24) is 9.97 Å². The van der Waals surface area contributed by atoms with Crippen molar-refractivity contribution < 1.29 is 4.74 Å². The summed E-state index contributed by atoms with van der Waals surface area (Å²) in [5.74, 6) is 1.56. The summed E-state index contributed by atoms with van der Waals surface area (Å²) in [4.78, 5) is 8.22. The van der Waals surface area contributed by atoms with Crippen LogP contribution in [0.1, 0.15) is 19.4 Å². The first-order chi connectivity index (χ1) is 9.24. The molecule has 0 spiro atoms. The lowest BCUT2D eigenvalue weighted by atomic mass is 10.2. The van der Waals surface area contributed by atoms with Crippen LogP contribution in [0.5, 0.6) is 5.75 Å². The van der Waals surface area contributed by atoms with Crippen molar-refractivity contribution in [2.45, 2.75) is 20.3 Å². The molecule has 0 amide bonds. The lowest BCUT2D eigenvalue weighted by molar-refractivity contribution is 0.340. The number of benzene rings is 1. The van der Waals surface area contributed by atoms with E-state index in [4.69, 9.17) is 16.3 Å². The molecule has 0 aliphatic heterocycles. The van der Waals surface area contributed by atoms with Crippen molar-refractivity contribution in [3.8, 4) is 5.75 Å². The van der Waals surface area contributed by atoms with Crippen LogP contribution in [0.3, 0.4) is 0 Å². The molecular weight excluding hydrogens is 262 g/mol. The van der Waals surface area contributed by atoms with E-state index in [1.807, 2.05) is 38.1 Å². The van der Waals surface area contributed by atoms with Crippen molar-refractivity contribution in [1.29, 1.82) is 0 Å². The Morgan fingerprint density at radius 3 is 2.84 bits per heavy atom. The molecule has 100 valence electrons. The van der Waals surface area contributed by atoms with Gasteiger partial charge in [0.25, 0.3) is 0 Å². The Kier molecular flexibility index (Phi) is 4.58. The van der Waals surface area contributed by atoms with Gasteiger partial charge in [0.1, 0.15) is 23.0 Å². The SMILES string of the molecule is CCOc1cccc(Nc2ncnc(Cl)c2CC)c1. The molecule has 0 saturated carbocycles. The minimum Gasteiger partial charge on any atom is -0.494 e. The predicted molar refractivity (Wildman–Crippen MR) is 77.3 cm³/mol. The number of nitrogens with zero attached hydrogens (tertiary/aromatic N) is 2. The van der Waals surface area contributed by atoms with Crippen LogP contribution in [0.4, 0.5) is 11.5 Å². The van der Waals surface area contributed by atoms with E-state index in [-0.39, 0.29) is 0 Å². The third kappa shape index (κ3) is 3.35. The molecule has 0 aliphatic rings. The van der Waals surface area contributed by atoms with Crippen molar-refractivity contribution in [2.75, 3.05) is 11.9 Å². The van der Waals surface area contributed by atoms with Crippen LogP contribution in [-0.4, -0.2) is 16.6 Å². The number of nitrogens with one attached hydrogen (secondary N) is 1. The van der Waals surface area contributed by atoms with Gasteiger partial charge in [-0.2, -0.15) is 0 Å². The van der Waals surface area contributed by atoms with Crippen molar-refractivity contribution in [3.63, 3.8) is 0 Å². The van der Waals surface area contributed by atoms with Gasteiger partial charge in [0.2, 0.25) is 0 Å². The molecule has 0 unspecified atom stereocenters. The second-order valence-corrected chi connectivity index (χ2v) is 4.29. The molecule has 2 aromatic rings. The molecule has 1 heterocycles. The zero-order valence-corrected chi connectivity index (χ0v) is 11.7. The zero-order valence-electron chi connectivity index (χ0n) is 11.0. The van der Waals surface area contributed by atoms with Crippen LogP contribution < -0.4 is 10.1 Å². The molecule has 0 bridgehead atoms. The van der Waals surface area contributed by atoms with Gasteiger partial charge in [-0.3, -0.25) is 0 Å². The first-order valence-electron chi connectivity index (χ1n) is 6.23. The maximum Gasteiger partial charge on any atom is 0.138 e. The smallest absolute Gasteiger partial charge is 0.138 e. The first kappa shape index (κ1) is 13.6. The largest absolute Gasteiger partial charge is 0.494 e. The summed E-state index contributed by atoms with van der Waals surface area (Å²) < 4.78 is 5.47. The lowest BCUT2D eigenvalue weighted by Gasteiger charge is -2.11. The number of rotatable bonds is 5. The van der Waals surface area contributed by atoms with Crippen LogP contribution in [0.25, 0.3) is 0 Å². The van der Waals surface area contributed by atoms with E-state index in [0.29, 0.717) is 11.8 Å². The van der Waals surface area contributed by atoms with Crippen LogP contribution in [0, 0.1) is 0 Å². The third-order valence-corrected chi connectivity index (χ3v) is 2.98. The molecule has 5 heteroatoms. The standard InChI is InChI=1S/C14H16ClN3O/c1-3-12-13(15)16-9-17-14(12)18-10-6-5-7-11(8-10)19-4-2/h5-9H,3-4H2,1-2H3,(H,16,17,18). The Balaban J connectivity index is 2.26. The van der Waals surface area contributed by atoms with E-state index in [1.165, 1.54) is 6.33 Å². The highest BCUT2D eigenvalue weighted by Gasteiger charge is 2.08. The second kappa shape index (κ2) is 6.38. The van der Waals surface area contributed by atoms with E-state index in [0.717, 1.165) is 29.2 Å². The molecule has 1 aromatic heterocycles. The highest BCUT2D eigenvalue weighted by Crippen LogP contribution is 2.25. The Bertz CT molecular complexity index is 560. The fourth-order valence-corrected chi connectivity index (χ4v) is 2.05. The van der Waals surface area contributed by atoms with Gasteiger partial charge in [0, 0.05) is 17.3 Å². The summed E-state index contributed by atoms with van der Waals surface area (Å²) in [5.41, 5.74) is 1.82. The molecule has 0 saturated heterocycles. The van der Waals surface area contributed by atoms with Crippen LogP contribution >= 0.6 is 11.6 Å². The van der Waals surface area contributed by atoms with Crippen molar-refractivity contribution in [3.05, 3.63) is 41.3 Å². The van der Waals surface area contributed by atoms with Gasteiger partial charge < -0.3 is 10.1 Å². The Morgan fingerprint density at radius 2 is 2.11 bits per heavy atom. The summed E-state index contributed by atoms with van der Waals surface area (Å²) in [5, 5.41) is 3.73. The monoisotopic (exact) mass is 277 g/mol. The van der Waals surface area contributed by atoms with Gasteiger partial charge in [-0.15, -0.1) is 0 Å². The lowest BCUT2D eigenvalue weighted by Crippen LogP contribution is -2.01. The Morgan fingerprint density at radius 1 is 1.26 bits per heavy atom. The highest BCUT2D eigenvalue weighted by molar-refractivity contribution is 6.30. The molecule has 1 N–H and O–H groups in total. The van der Waals surface area contributed by atoms with E-state index >= 15 is 0 Å². The Hall–Kier alpha value is -1.81. The molecule has 2 rings (SSSR count). The summed E-state index contributed by atoms with van der Waals surface area (Å²) in [7, 11) is 0. The van der Waals surface area contributed by atoms with Crippen LogP contribution in [0.2, 0.25) is 5.15 Å². The van der Waals surface area contributed by atoms with Crippen LogP contribution in [-0.2, 0) is 6.42 Å². The van der Waals surface area contributed by atoms with Gasteiger partial charge in [-0.05, 0) is 25.5 Å². The van der Waals surface area contributed by atoms with E-state index in [1.54, 1.807) is 0 Å². The van der Waals surface area contributed by atoms with Crippen LogP contribution in [0.15, 0.2) is 30.6 Å². The second-order valence-electron chi connectivity index (χ2n) is 3.93. The Labute approximate surface area is 117 Å². The van der Waals surface area contributed by atoms with Gasteiger partial charge in [-0.25, -0.2) is 9.97 Å². The number of hydrogen-bond acceptors (Lipinski definition) is 4. The maximum atomic E-state index is 6.06. The molecule has 19 heavy (non-hydrogen) atoms. The van der Waals surface area contributed by atoms with Gasteiger partial charge in [0.15, 0.2) is 0 Å². The first-order valence-corrected chi connectivity index (χ1v) is 6.61. The fourth-order valence-electron chi connectivity index (χ4n) is 1.78. The zero-order chi connectivity index (χ0) is 13.7. The highest BCUT2D eigenvalue weighted by atomic mass is 35.5. The molecule has 0 atom stereocenters. The van der Waals surface area contributed by atoms with Crippen molar-refractivity contribution in [2.24, 2.45) is 0 Å². The number of ether oxygens (including phenoxy) is 1. The molecule has 4 nitrogen and oxygen atoms in total. The third-order valence-electron chi connectivity index (χ3n) is 2.65.